The van der Waals surface area contributed by atoms with E-state index in [4.69, 9.17) is 11.6 Å². The number of alkyl halides is 5. The Morgan fingerprint density at radius 2 is 1.97 bits per heavy atom. The summed E-state index contributed by atoms with van der Waals surface area (Å²) in [4.78, 5) is 15.2. The van der Waals surface area contributed by atoms with Gasteiger partial charge in [-0.3, -0.25) is 9.78 Å². The average molecular weight is 475 g/mol. The van der Waals surface area contributed by atoms with E-state index in [1.807, 2.05) is 0 Å². The molecule has 0 aromatic carbocycles. The van der Waals surface area contributed by atoms with Crippen molar-refractivity contribution in [2.45, 2.75) is 36.9 Å². The predicted molar refractivity (Wildman–Crippen MR) is 98.0 cm³/mol. The molecular formula is C16H16ClF5N4O3S. The summed E-state index contributed by atoms with van der Waals surface area (Å²) in [6.45, 7) is 1.15. The first-order valence-corrected chi connectivity index (χ1v) is 10.1. The molecular weight excluding hydrogens is 459 g/mol. The summed E-state index contributed by atoms with van der Waals surface area (Å²) in [6.07, 6.45) is -6.36. The highest BCUT2D eigenvalue weighted by Gasteiger charge is 2.42. The molecule has 0 aliphatic carbocycles. The van der Waals surface area contributed by atoms with Crippen LogP contribution in [0.25, 0.3) is 0 Å². The average Bonchev–Trinajstić information content (AvgIpc) is 2.94. The van der Waals surface area contributed by atoms with E-state index in [9.17, 15) is 35.2 Å². The molecule has 30 heavy (non-hydrogen) atoms. The van der Waals surface area contributed by atoms with Gasteiger partial charge < -0.3 is 9.88 Å². The Morgan fingerprint density at radius 3 is 2.50 bits per heavy atom. The molecule has 0 aliphatic heterocycles. The molecule has 2 aromatic rings. The lowest BCUT2D eigenvalue weighted by Gasteiger charge is -2.19. The molecule has 2 aromatic heterocycles. The van der Waals surface area contributed by atoms with E-state index < -0.39 is 62.3 Å². The third-order valence-corrected chi connectivity index (χ3v) is 5.93. The van der Waals surface area contributed by atoms with Crippen molar-refractivity contribution in [3.63, 3.8) is 0 Å². The molecule has 2 rings (SSSR count). The van der Waals surface area contributed by atoms with E-state index in [0.29, 0.717) is 0 Å². The van der Waals surface area contributed by atoms with Crippen LogP contribution in [-0.4, -0.2) is 36.1 Å². The van der Waals surface area contributed by atoms with Gasteiger partial charge in [-0.1, -0.05) is 18.5 Å². The lowest BCUT2D eigenvalue weighted by molar-refractivity contribution is -0.151. The molecule has 0 fully saturated rings. The number of rotatable bonds is 7. The number of anilines is 1. The molecule has 166 valence electrons. The molecule has 2 N–H and O–H groups in total. The van der Waals surface area contributed by atoms with Crippen molar-refractivity contribution in [2.75, 3.05) is 5.32 Å². The summed E-state index contributed by atoms with van der Waals surface area (Å²) in [5.74, 6) is -0.960. The van der Waals surface area contributed by atoms with E-state index in [1.54, 1.807) is 0 Å². The Balaban J connectivity index is 2.35. The maximum Gasteiger partial charge on any atom is 0.404 e. The molecule has 0 spiro atoms. The van der Waals surface area contributed by atoms with Gasteiger partial charge in [0, 0.05) is 25.1 Å². The summed E-state index contributed by atoms with van der Waals surface area (Å²) < 4.78 is 91.6. The number of sulfonamides is 1. The van der Waals surface area contributed by atoms with Crippen molar-refractivity contribution in [2.24, 2.45) is 7.05 Å². The number of carbonyl (C=O) groups is 1. The first-order chi connectivity index (χ1) is 13.8. The molecule has 1 atom stereocenters. The molecule has 14 heteroatoms. The molecule has 1 amide bonds. The van der Waals surface area contributed by atoms with Gasteiger partial charge in [0.25, 0.3) is 12.3 Å². The van der Waals surface area contributed by atoms with Gasteiger partial charge in [-0.2, -0.15) is 17.9 Å². The third-order valence-electron chi connectivity index (χ3n) is 3.96. The van der Waals surface area contributed by atoms with E-state index in [2.05, 4.69) is 10.3 Å². The smallest absolute Gasteiger partial charge is 0.344 e. The number of nitrogens with one attached hydrogen (secondary N) is 2. The largest absolute Gasteiger partial charge is 0.404 e. The van der Waals surface area contributed by atoms with Crippen LogP contribution in [0.4, 0.5) is 27.6 Å². The number of aryl methyl sites for hydroxylation is 1. The normalized spacial score (nSPS) is 13.5. The number of hydrogen-bond acceptors (Lipinski definition) is 4. The Labute approximate surface area is 173 Å². The minimum atomic E-state index is -4.83. The zero-order valence-electron chi connectivity index (χ0n) is 15.5. The maximum atomic E-state index is 12.9. The predicted octanol–water partition coefficient (Wildman–Crippen LogP) is 3.88. The third kappa shape index (κ3) is 5.26. The zero-order valence-corrected chi connectivity index (χ0v) is 17.0. The first kappa shape index (κ1) is 24.0. The van der Waals surface area contributed by atoms with Crippen LogP contribution in [-0.2, 0) is 17.1 Å². The van der Waals surface area contributed by atoms with Crippen molar-refractivity contribution in [1.29, 1.82) is 0 Å². The Hall–Kier alpha value is -2.25. The summed E-state index contributed by atoms with van der Waals surface area (Å²) in [5, 5.41) is 1.64. The van der Waals surface area contributed by atoms with E-state index in [0.717, 1.165) is 30.0 Å². The van der Waals surface area contributed by atoms with Gasteiger partial charge in [0.2, 0.25) is 10.0 Å². The fourth-order valence-corrected chi connectivity index (χ4v) is 4.49. The van der Waals surface area contributed by atoms with Gasteiger partial charge in [-0.05, 0) is 18.6 Å². The number of aromatic nitrogens is 2. The van der Waals surface area contributed by atoms with Gasteiger partial charge >= 0.3 is 6.18 Å². The minimum Gasteiger partial charge on any atom is -0.344 e. The molecule has 0 bridgehead atoms. The topological polar surface area (TPSA) is 93.1 Å². The molecule has 7 nitrogen and oxygen atoms in total. The molecule has 0 aliphatic rings. The Bertz CT molecular complexity index is 1040. The van der Waals surface area contributed by atoms with Gasteiger partial charge in [-0.15, -0.1) is 0 Å². The van der Waals surface area contributed by atoms with Gasteiger partial charge in [0.05, 0.1) is 5.02 Å². The van der Waals surface area contributed by atoms with E-state index >= 15 is 0 Å². The zero-order chi connectivity index (χ0) is 22.9. The standard InChI is InChI=1S/C16H16ClF5N4O3S/c1-3-11(16(20,21)22)25-30(28,29)10-7-26(2)13(12(10)17)15(27)24-8-4-5-23-9(6-8)14(18)19/h4-7,11,14,25H,3H2,1-2H3,(H,23,24,27). The SMILES string of the molecule is CCC(NS(=O)(=O)c1cn(C)c(C(=O)Nc2ccnc(C(F)F)c2)c1Cl)C(F)(F)F. The number of amides is 1. The Morgan fingerprint density at radius 1 is 1.33 bits per heavy atom. The van der Waals surface area contributed by atoms with Gasteiger partial charge in [-0.25, -0.2) is 17.2 Å². The maximum absolute atomic E-state index is 12.9. The molecule has 0 saturated carbocycles. The lowest BCUT2D eigenvalue weighted by atomic mass is 10.2. The highest BCUT2D eigenvalue weighted by molar-refractivity contribution is 7.89. The van der Waals surface area contributed by atoms with Crippen molar-refractivity contribution in [3.8, 4) is 0 Å². The number of pyridine rings is 1. The molecule has 0 radical (unpaired) electrons. The second-order valence-corrected chi connectivity index (χ2v) is 8.18. The number of nitrogens with zero attached hydrogens (tertiary/aromatic N) is 2. The van der Waals surface area contributed by atoms with E-state index in [1.165, 1.54) is 17.8 Å². The van der Waals surface area contributed by atoms with Crippen molar-refractivity contribution >= 4 is 33.2 Å². The highest BCUT2D eigenvalue weighted by Crippen LogP contribution is 2.30. The first-order valence-electron chi connectivity index (χ1n) is 8.27. The van der Waals surface area contributed by atoms with Crippen LogP contribution in [0, 0.1) is 0 Å². The summed E-state index contributed by atoms with van der Waals surface area (Å²) >= 11 is 5.98. The van der Waals surface area contributed by atoms with Crippen molar-refractivity contribution in [1.82, 2.24) is 14.3 Å². The summed E-state index contributed by atoms with van der Waals surface area (Å²) in [6, 6.07) is -0.219. The molecule has 1 unspecified atom stereocenters. The Kier molecular flexibility index (Phi) is 7.09. The molecule has 0 saturated heterocycles. The van der Waals surface area contributed by atoms with Crippen LogP contribution in [0.15, 0.2) is 29.4 Å². The van der Waals surface area contributed by atoms with Crippen LogP contribution < -0.4 is 10.0 Å². The summed E-state index contributed by atoms with van der Waals surface area (Å²) in [5.41, 5.74) is -1.06. The fourth-order valence-electron chi connectivity index (χ4n) is 2.48. The van der Waals surface area contributed by atoms with Crippen LogP contribution in [0.3, 0.4) is 0 Å². The van der Waals surface area contributed by atoms with Gasteiger partial charge in [0.15, 0.2) is 0 Å². The summed E-state index contributed by atoms with van der Waals surface area (Å²) in [7, 11) is -3.48. The molecule has 2 heterocycles. The lowest BCUT2D eigenvalue weighted by Crippen LogP contribution is -2.44. The van der Waals surface area contributed by atoms with Crippen molar-refractivity contribution in [3.05, 3.63) is 40.9 Å². The van der Waals surface area contributed by atoms with Crippen LogP contribution in [0.1, 0.15) is 36.0 Å². The second-order valence-electron chi connectivity index (χ2n) is 6.11. The van der Waals surface area contributed by atoms with Crippen molar-refractivity contribution < 1.29 is 35.2 Å². The van der Waals surface area contributed by atoms with Crippen LogP contribution >= 0.6 is 11.6 Å². The number of hydrogen-bond donors (Lipinski definition) is 2. The van der Waals surface area contributed by atoms with Gasteiger partial charge in [0.1, 0.15) is 22.3 Å². The van der Waals surface area contributed by atoms with Crippen LogP contribution in [0.2, 0.25) is 5.02 Å². The highest BCUT2D eigenvalue weighted by atomic mass is 35.5. The van der Waals surface area contributed by atoms with Crippen LogP contribution in [0.5, 0.6) is 0 Å². The van der Waals surface area contributed by atoms with E-state index in [-0.39, 0.29) is 5.69 Å². The fraction of sp³-hybridized carbons (Fsp3) is 0.375. The number of halogens is 6. The second kappa shape index (κ2) is 8.86. The number of carbonyl (C=O) groups excluding carboxylic acids is 1. The minimum absolute atomic E-state index is 0.0618. The monoisotopic (exact) mass is 474 g/mol. The quantitative estimate of drug-likeness (QED) is 0.596.